The lowest BCUT2D eigenvalue weighted by Crippen LogP contribution is -2.24. The Balaban J connectivity index is 1.66. The predicted molar refractivity (Wildman–Crippen MR) is 117 cm³/mol. The zero-order valence-electron chi connectivity index (χ0n) is 16.7. The molecule has 0 saturated heterocycles. The van der Waals surface area contributed by atoms with Crippen LogP contribution in [-0.4, -0.2) is 29.6 Å². The summed E-state index contributed by atoms with van der Waals surface area (Å²) in [6.45, 7) is 4.51. The number of benzene rings is 2. The first kappa shape index (κ1) is 20.5. The van der Waals surface area contributed by atoms with Gasteiger partial charge in [0.15, 0.2) is 0 Å². The van der Waals surface area contributed by atoms with Crippen molar-refractivity contribution >= 4 is 26.3 Å². The van der Waals surface area contributed by atoms with Gasteiger partial charge in [0, 0.05) is 5.56 Å². The Morgan fingerprint density at radius 3 is 2.47 bits per heavy atom. The second-order valence-corrected chi connectivity index (χ2v) is 9.35. The van der Waals surface area contributed by atoms with E-state index in [-0.39, 0.29) is 11.4 Å². The Morgan fingerprint density at radius 2 is 1.80 bits per heavy atom. The summed E-state index contributed by atoms with van der Waals surface area (Å²) in [4.78, 5) is 5.66. The summed E-state index contributed by atoms with van der Waals surface area (Å²) in [7, 11) is -3.71. The third kappa shape index (κ3) is 4.09. The summed E-state index contributed by atoms with van der Waals surface area (Å²) in [6, 6.07) is 16.1. The summed E-state index contributed by atoms with van der Waals surface area (Å²) in [6.07, 6.45) is 0.798. The molecular weight excluding hydrogens is 420 g/mol. The molecule has 0 atom stereocenters. The number of hydrogen-bond donors (Lipinski definition) is 1. The van der Waals surface area contributed by atoms with Crippen molar-refractivity contribution in [3.05, 3.63) is 65.3 Å². The van der Waals surface area contributed by atoms with E-state index in [1.807, 2.05) is 44.2 Å². The van der Waals surface area contributed by atoms with E-state index in [9.17, 15) is 8.42 Å². The van der Waals surface area contributed by atoms with Gasteiger partial charge in [0.05, 0.1) is 29.4 Å². The van der Waals surface area contributed by atoms with Gasteiger partial charge in [-0.2, -0.15) is 5.10 Å². The highest BCUT2D eigenvalue weighted by atomic mass is 32.2. The summed E-state index contributed by atoms with van der Waals surface area (Å²) < 4.78 is 35.5. The van der Waals surface area contributed by atoms with Crippen molar-refractivity contribution in [1.29, 1.82) is 0 Å². The lowest BCUT2D eigenvalue weighted by atomic mass is 10.1. The molecule has 2 aromatic heterocycles. The maximum atomic E-state index is 12.8. The number of nitrogens with zero attached hydrogens (tertiary/aromatic N) is 3. The normalized spacial score (nSPS) is 11.8. The average Bonchev–Trinajstić information content (AvgIpc) is 3.31. The van der Waals surface area contributed by atoms with Crippen LogP contribution in [0.1, 0.15) is 24.5 Å². The standard InChI is InChI=1S/C21H22N4O3S2/c1-3-19-24-25-18(20(23-21(25)29-19)15-8-6-5-7-9-15)14-22-30(26,27)17-12-10-16(11-13-17)28-4-2/h5-13,22H,3-4,14H2,1-2H3. The van der Waals surface area contributed by atoms with Crippen LogP contribution >= 0.6 is 11.3 Å². The highest BCUT2D eigenvalue weighted by molar-refractivity contribution is 7.89. The van der Waals surface area contributed by atoms with Gasteiger partial charge >= 0.3 is 0 Å². The Bertz CT molecular complexity index is 1250. The molecule has 0 amide bonds. The third-order valence-corrected chi connectivity index (χ3v) is 7.03. The zero-order chi connectivity index (χ0) is 21.1. The van der Waals surface area contributed by atoms with Crippen molar-refractivity contribution in [2.45, 2.75) is 31.7 Å². The number of aryl methyl sites for hydroxylation is 1. The molecule has 4 rings (SSSR count). The molecule has 2 aromatic carbocycles. The Kier molecular flexibility index (Phi) is 5.85. The van der Waals surface area contributed by atoms with E-state index < -0.39 is 10.0 Å². The second kappa shape index (κ2) is 8.55. The number of imidazole rings is 1. The molecule has 9 heteroatoms. The molecule has 0 saturated carbocycles. The molecule has 0 aliphatic heterocycles. The van der Waals surface area contributed by atoms with Gasteiger partial charge in [0.2, 0.25) is 15.0 Å². The molecule has 7 nitrogen and oxygen atoms in total. The van der Waals surface area contributed by atoms with Gasteiger partial charge in [0.1, 0.15) is 10.8 Å². The van der Waals surface area contributed by atoms with Crippen molar-refractivity contribution in [3.63, 3.8) is 0 Å². The Hall–Kier alpha value is -2.75. The van der Waals surface area contributed by atoms with Crippen LogP contribution in [0.4, 0.5) is 0 Å². The number of nitrogens with one attached hydrogen (secondary N) is 1. The van der Waals surface area contributed by atoms with E-state index in [4.69, 9.17) is 9.72 Å². The van der Waals surface area contributed by atoms with E-state index in [1.165, 1.54) is 23.5 Å². The molecule has 2 heterocycles. The molecule has 0 spiro atoms. The number of hydrogen-bond acceptors (Lipinski definition) is 6. The summed E-state index contributed by atoms with van der Waals surface area (Å²) in [5.41, 5.74) is 2.36. The van der Waals surface area contributed by atoms with Crippen LogP contribution in [0.5, 0.6) is 5.75 Å². The number of aromatic nitrogens is 3. The summed E-state index contributed by atoms with van der Waals surface area (Å²) in [5.74, 6) is 0.634. The summed E-state index contributed by atoms with van der Waals surface area (Å²) in [5, 5.41) is 5.56. The highest BCUT2D eigenvalue weighted by Gasteiger charge is 2.21. The second-order valence-electron chi connectivity index (χ2n) is 6.55. The van der Waals surface area contributed by atoms with Crippen LogP contribution in [0.15, 0.2) is 59.5 Å². The molecule has 156 valence electrons. The topological polar surface area (TPSA) is 85.6 Å². The van der Waals surface area contributed by atoms with E-state index in [2.05, 4.69) is 9.82 Å². The summed E-state index contributed by atoms with van der Waals surface area (Å²) >= 11 is 1.51. The monoisotopic (exact) mass is 442 g/mol. The van der Waals surface area contributed by atoms with E-state index in [1.54, 1.807) is 16.6 Å². The van der Waals surface area contributed by atoms with Crippen LogP contribution in [-0.2, 0) is 23.0 Å². The van der Waals surface area contributed by atoms with Gasteiger partial charge in [-0.25, -0.2) is 22.6 Å². The predicted octanol–water partition coefficient (Wildman–Crippen LogP) is 3.90. The molecule has 4 aromatic rings. The first-order chi connectivity index (χ1) is 14.5. The number of ether oxygens (including phenoxy) is 1. The fourth-order valence-electron chi connectivity index (χ4n) is 3.09. The van der Waals surface area contributed by atoms with E-state index in [0.717, 1.165) is 27.6 Å². The van der Waals surface area contributed by atoms with Crippen LogP contribution in [0.3, 0.4) is 0 Å². The molecule has 30 heavy (non-hydrogen) atoms. The highest BCUT2D eigenvalue weighted by Crippen LogP contribution is 2.27. The lowest BCUT2D eigenvalue weighted by Gasteiger charge is -2.09. The van der Waals surface area contributed by atoms with E-state index >= 15 is 0 Å². The van der Waals surface area contributed by atoms with Gasteiger partial charge < -0.3 is 4.74 Å². The molecule has 0 radical (unpaired) electrons. The van der Waals surface area contributed by atoms with Gasteiger partial charge in [-0.3, -0.25) is 0 Å². The van der Waals surface area contributed by atoms with Crippen LogP contribution < -0.4 is 9.46 Å². The molecule has 0 unspecified atom stereocenters. The Labute approximate surface area is 179 Å². The van der Waals surface area contributed by atoms with Crippen molar-refractivity contribution in [2.75, 3.05) is 6.61 Å². The minimum absolute atomic E-state index is 0.0772. The van der Waals surface area contributed by atoms with Crippen molar-refractivity contribution in [3.8, 4) is 17.0 Å². The minimum atomic E-state index is -3.71. The fourth-order valence-corrected chi connectivity index (χ4v) is 4.93. The molecular formula is C21H22N4O3S2. The van der Waals surface area contributed by atoms with Crippen LogP contribution in [0, 0.1) is 0 Å². The third-order valence-electron chi connectivity index (χ3n) is 4.56. The number of rotatable bonds is 8. The molecule has 0 aliphatic rings. The minimum Gasteiger partial charge on any atom is -0.494 e. The smallest absolute Gasteiger partial charge is 0.240 e. The van der Waals surface area contributed by atoms with Crippen molar-refractivity contribution in [2.24, 2.45) is 0 Å². The van der Waals surface area contributed by atoms with Crippen molar-refractivity contribution in [1.82, 2.24) is 19.3 Å². The number of sulfonamides is 1. The van der Waals surface area contributed by atoms with Gasteiger partial charge in [0.25, 0.3) is 0 Å². The molecule has 1 N–H and O–H groups in total. The fraction of sp³-hybridized carbons (Fsp3) is 0.238. The van der Waals surface area contributed by atoms with Crippen LogP contribution in [0.25, 0.3) is 16.2 Å². The van der Waals surface area contributed by atoms with Crippen molar-refractivity contribution < 1.29 is 13.2 Å². The first-order valence-electron chi connectivity index (χ1n) is 9.67. The van der Waals surface area contributed by atoms with E-state index in [0.29, 0.717) is 18.1 Å². The molecule has 0 fully saturated rings. The first-order valence-corrected chi connectivity index (χ1v) is 12.0. The molecule has 0 bridgehead atoms. The quantitative estimate of drug-likeness (QED) is 0.447. The number of fused-ring (bicyclic) bond motifs is 1. The average molecular weight is 443 g/mol. The maximum absolute atomic E-state index is 12.8. The zero-order valence-corrected chi connectivity index (χ0v) is 18.3. The van der Waals surface area contributed by atoms with Gasteiger partial charge in [-0.1, -0.05) is 48.6 Å². The van der Waals surface area contributed by atoms with Gasteiger partial charge in [-0.15, -0.1) is 0 Å². The Morgan fingerprint density at radius 1 is 1.07 bits per heavy atom. The molecule has 0 aliphatic carbocycles. The lowest BCUT2D eigenvalue weighted by molar-refractivity contribution is 0.340. The largest absolute Gasteiger partial charge is 0.494 e. The van der Waals surface area contributed by atoms with Crippen LogP contribution in [0.2, 0.25) is 0 Å². The maximum Gasteiger partial charge on any atom is 0.240 e. The SMILES string of the molecule is CCOc1ccc(S(=O)(=O)NCc2c(-c3ccccc3)nc3sc(CC)nn23)cc1. The van der Waals surface area contributed by atoms with Gasteiger partial charge in [-0.05, 0) is 37.6 Å².